The van der Waals surface area contributed by atoms with Crippen molar-refractivity contribution in [3.63, 3.8) is 0 Å². The van der Waals surface area contributed by atoms with E-state index in [2.05, 4.69) is 24.3 Å². The van der Waals surface area contributed by atoms with Crippen LogP contribution in [0.15, 0.2) is 12.2 Å². The van der Waals surface area contributed by atoms with Crippen molar-refractivity contribution in [2.45, 2.75) is 30.9 Å². The van der Waals surface area contributed by atoms with Crippen LogP contribution >= 0.6 is 0 Å². The van der Waals surface area contributed by atoms with Crippen molar-refractivity contribution in [3.05, 3.63) is 12.2 Å². The molecule has 2 aliphatic heterocycles. The van der Waals surface area contributed by atoms with E-state index < -0.39 is 0 Å². The number of allylic oxidation sites excluding steroid dienone is 1. The molecule has 0 amide bonds. The van der Waals surface area contributed by atoms with Gasteiger partial charge in [-0.25, -0.2) is 0 Å². The minimum Gasteiger partial charge on any atom is -0.380 e. The molecule has 4 aliphatic rings. The Morgan fingerprint density at radius 1 is 1.38 bits per heavy atom. The second-order valence-corrected chi connectivity index (χ2v) is 5.75. The first-order valence-corrected chi connectivity index (χ1v) is 6.49. The Kier molecular flexibility index (Phi) is 1.86. The van der Waals surface area contributed by atoms with Gasteiger partial charge in [0.15, 0.2) is 0 Å². The number of hydrogen-bond acceptors (Lipinski definition) is 3. The number of hydroxylamine groups is 2. The zero-order valence-electron chi connectivity index (χ0n) is 9.76. The minimum absolute atomic E-state index is 0.128. The summed E-state index contributed by atoms with van der Waals surface area (Å²) >= 11 is 0. The highest BCUT2D eigenvalue weighted by Gasteiger charge is 2.65. The fraction of sp³-hybridized carbons (Fsp3) is 0.846. The van der Waals surface area contributed by atoms with Crippen molar-refractivity contribution in [1.29, 1.82) is 0 Å². The summed E-state index contributed by atoms with van der Waals surface area (Å²) in [6, 6.07) is 0.472. The molecule has 1 saturated carbocycles. The van der Waals surface area contributed by atoms with E-state index in [1.807, 2.05) is 0 Å². The van der Waals surface area contributed by atoms with E-state index in [-0.39, 0.29) is 5.60 Å². The lowest BCUT2D eigenvalue weighted by Gasteiger charge is -2.36. The molecule has 3 nitrogen and oxygen atoms in total. The lowest BCUT2D eigenvalue weighted by atomic mass is 9.73. The van der Waals surface area contributed by atoms with Gasteiger partial charge in [0.25, 0.3) is 0 Å². The SMILES string of the molecule is CN1O[C@@]23CCCOCC1[C@H]2[C@@H]1C=C[C@H]3C1. The molecule has 2 heterocycles. The van der Waals surface area contributed by atoms with Crippen LogP contribution in [-0.2, 0) is 9.57 Å². The molecule has 0 aromatic carbocycles. The zero-order chi connectivity index (χ0) is 10.8. The summed E-state index contributed by atoms with van der Waals surface area (Å²) in [4.78, 5) is 6.29. The van der Waals surface area contributed by atoms with Gasteiger partial charge in [-0.05, 0) is 25.2 Å². The van der Waals surface area contributed by atoms with Crippen LogP contribution in [0.3, 0.4) is 0 Å². The maximum absolute atomic E-state index is 6.29. The Bertz CT molecular complexity index is 343. The van der Waals surface area contributed by atoms with Crippen LogP contribution < -0.4 is 0 Å². The molecule has 4 rings (SSSR count). The fourth-order valence-electron chi connectivity index (χ4n) is 4.53. The summed E-state index contributed by atoms with van der Waals surface area (Å²) in [7, 11) is 2.08. The van der Waals surface area contributed by atoms with Gasteiger partial charge in [0.2, 0.25) is 0 Å². The normalized spacial score (nSPS) is 55.1. The Balaban J connectivity index is 1.79. The Morgan fingerprint density at radius 3 is 3.25 bits per heavy atom. The lowest BCUT2D eigenvalue weighted by Crippen LogP contribution is -2.44. The molecule has 3 heteroatoms. The van der Waals surface area contributed by atoms with E-state index in [1.165, 1.54) is 12.8 Å². The van der Waals surface area contributed by atoms with Crippen LogP contribution in [0.4, 0.5) is 0 Å². The van der Waals surface area contributed by atoms with E-state index in [9.17, 15) is 0 Å². The van der Waals surface area contributed by atoms with Gasteiger partial charge in [-0.15, -0.1) is 0 Å². The number of fused-ring (bicyclic) bond motifs is 2. The highest BCUT2D eigenvalue weighted by Crippen LogP contribution is 2.60. The van der Waals surface area contributed by atoms with Crippen molar-refractivity contribution < 1.29 is 9.57 Å². The standard InChI is InChI=1S/C13H19NO2/c1-14-11-8-15-6-2-5-13(16-14)10-4-3-9(7-10)12(11)13/h3-4,9-12H,2,5-8H2,1H3/t9-,10+,11?,12-,13-/m1/s1. The van der Waals surface area contributed by atoms with Crippen LogP contribution in [0, 0.1) is 17.8 Å². The number of hydrogen-bond donors (Lipinski definition) is 0. The average molecular weight is 221 g/mol. The van der Waals surface area contributed by atoms with E-state index >= 15 is 0 Å². The Morgan fingerprint density at radius 2 is 2.31 bits per heavy atom. The van der Waals surface area contributed by atoms with Crippen molar-refractivity contribution in [2.24, 2.45) is 17.8 Å². The first kappa shape index (κ1) is 9.63. The quantitative estimate of drug-likeness (QED) is 0.580. The summed E-state index contributed by atoms with van der Waals surface area (Å²) in [5.41, 5.74) is 0.128. The van der Waals surface area contributed by atoms with Crippen molar-refractivity contribution in [1.82, 2.24) is 5.06 Å². The predicted molar refractivity (Wildman–Crippen MR) is 59.6 cm³/mol. The maximum Gasteiger partial charge on any atom is 0.101 e. The lowest BCUT2D eigenvalue weighted by molar-refractivity contribution is -0.203. The molecule has 2 aliphatic carbocycles. The van der Waals surface area contributed by atoms with Crippen molar-refractivity contribution >= 4 is 0 Å². The third-order valence-electron chi connectivity index (χ3n) is 5.11. The van der Waals surface area contributed by atoms with Gasteiger partial charge >= 0.3 is 0 Å². The largest absolute Gasteiger partial charge is 0.380 e. The van der Waals surface area contributed by atoms with Gasteiger partial charge in [0.1, 0.15) is 5.60 Å². The molecule has 88 valence electrons. The monoisotopic (exact) mass is 221 g/mol. The molecular formula is C13H19NO2. The van der Waals surface area contributed by atoms with E-state index in [0.717, 1.165) is 25.6 Å². The summed E-state index contributed by atoms with van der Waals surface area (Å²) < 4.78 is 5.74. The van der Waals surface area contributed by atoms with Gasteiger partial charge in [-0.1, -0.05) is 12.2 Å². The molecule has 3 fully saturated rings. The first-order valence-electron chi connectivity index (χ1n) is 6.49. The minimum atomic E-state index is 0.128. The van der Waals surface area contributed by atoms with Crippen LogP contribution in [0.5, 0.6) is 0 Å². The average Bonchev–Trinajstić information content (AvgIpc) is 2.85. The van der Waals surface area contributed by atoms with Crippen LogP contribution in [0.1, 0.15) is 19.3 Å². The van der Waals surface area contributed by atoms with Crippen LogP contribution in [0.2, 0.25) is 0 Å². The highest BCUT2D eigenvalue weighted by molar-refractivity contribution is 5.24. The number of nitrogens with zero attached hydrogens (tertiary/aromatic N) is 1. The van der Waals surface area contributed by atoms with Gasteiger partial charge in [-0.3, -0.25) is 4.84 Å². The van der Waals surface area contributed by atoms with E-state index in [0.29, 0.717) is 17.9 Å². The molecule has 5 atom stereocenters. The molecular weight excluding hydrogens is 202 g/mol. The van der Waals surface area contributed by atoms with Crippen molar-refractivity contribution in [2.75, 3.05) is 20.3 Å². The number of rotatable bonds is 0. The summed E-state index contributed by atoms with van der Waals surface area (Å²) in [5, 5.41) is 2.09. The molecule has 0 aromatic heterocycles. The first-order chi connectivity index (χ1) is 7.81. The summed E-state index contributed by atoms with van der Waals surface area (Å²) in [6.07, 6.45) is 8.46. The zero-order valence-corrected chi connectivity index (χ0v) is 9.76. The second-order valence-electron chi connectivity index (χ2n) is 5.75. The second kappa shape index (κ2) is 3.09. The molecule has 0 radical (unpaired) electrons. The maximum atomic E-state index is 6.29. The summed E-state index contributed by atoms with van der Waals surface area (Å²) in [6.45, 7) is 1.75. The van der Waals surface area contributed by atoms with Gasteiger partial charge in [-0.2, -0.15) is 5.06 Å². The van der Waals surface area contributed by atoms with E-state index in [4.69, 9.17) is 9.57 Å². The van der Waals surface area contributed by atoms with Gasteiger partial charge in [0, 0.05) is 25.5 Å². The van der Waals surface area contributed by atoms with E-state index in [1.54, 1.807) is 0 Å². The van der Waals surface area contributed by atoms with Crippen LogP contribution in [0.25, 0.3) is 0 Å². The predicted octanol–water partition coefficient (Wildman–Crippen LogP) is 1.60. The third kappa shape index (κ3) is 0.998. The molecule has 2 saturated heterocycles. The molecule has 4 bridgehead atoms. The highest BCUT2D eigenvalue weighted by atomic mass is 16.7. The van der Waals surface area contributed by atoms with Crippen molar-refractivity contribution in [3.8, 4) is 0 Å². The summed E-state index contributed by atoms with van der Waals surface area (Å²) in [5.74, 6) is 2.07. The topological polar surface area (TPSA) is 21.7 Å². The molecule has 0 aromatic rings. The fourth-order valence-corrected chi connectivity index (χ4v) is 4.53. The molecule has 0 N–H and O–H groups in total. The number of likely N-dealkylation sites (N-methyl/N-ethyl adjacent to an activating group) is 1. The Labute approximate surface area is 96.3 Å². The molecule has 0 spiro atoms. The third-order valence-corrected chi connectivity index (χ3v) is 5.11. The van der Waals surface area contributed by atoms with Gasteiger partial charge < -0.3 is 4.74 Å². The van der Waals surface area contributed by atoms with Gasteiger partial charge in [0.05, 0.1) is 12.6 Å². The molecule has 1 unspecified atom stereocenters. The smallest absolute Gasteiger partial charge is 0.101 e. The number of ether oxygens (including phenoxy) is 1. The van der Waals surface area contributed by atoms with Crippen LogP contribution in [-0.4, -0.2) is 37.0 Å². The Hall–Kier alpha value is -0.380. The molecule has 16 heavy (non-hydrogen) atoms.